The van der Waals surface area contributed by atoms with Crippen LogP contribution in [-0.4, -0.2) is 168 Å². The number of hydrogen-bond acceptors (Lipinski definition) is 10. The van der Waals surface area contributed by atoms with Crippen molar-refractivity contribution in [1.29, 1.82) is 0 Å². The van der Waals surface area contributed by atoms with Gasteiger partial charge in [-0.1, -0.05) is 77.0 Å². The first-order valence-corrected chi connectivity index (χ1v) is 29.5. The van der Waals surface area contributed by atoms with Crippen LogP contribution in [0.3, 0.4) is 0 Å². The topological polar surface area (TPSA) is 238 Å². The minimum atomic E-state index is -0.333. The van der Waals surface area contributed by atoms with Crippen LogP contribution < -0.4 is 21.3 Å². The summed E-state index contributed by atoms with van der Waals surface area (Å²) < 4.78 is 0. The second-order valence-electron chi connectivity index (χ2n) is 21.0. The van der Waals surface area contributed by atoms with E-state index < -0.39 is 0 Å². The molecule has 0 atom stereocenters. The molecule has 20 heteroatoms. The van der Waals surface area contributed by atoms with E-state index in [1.165, 1.54) is 31.8 Å². The van der Waals surface area contributed by atoms with Crippen LogP contribution in [0, 0.1) is 0 Å². The highest BCUT2D eigenvalue weighted by atomic mass is 16.2. The molecule has 0 radical (unpaired) electrons. The summed E-state index contributed by atoms with van der Waals surface area (Å²) in [4.78, 5) is 137. The van der Waals surface area contributed by atoms with Gasteiger partial charge in [-0.15, -0.1) is 0 Å². The number of likely N-dealkylation sites (tertiary alicyclic amines) is 4. The minimum Gasteiger partial charge on any atom is -0.339 e. The monoisotopic (exact) mass is 1070 g/mol. The fourth-order valence-corrected chi connectivity index (χ4v) is 10.1. The summed E-state index contributed by atoms with van der Waals surface area (Å²) in [7, 11) is 0. The number of unbranched alkanes of at least 4 members (excludes halogenated alkanes) is 12. The van der Waals surface area contributed by atoms with E-state index in [0.717, 1.165) is 180 Å². The van der Waals surface area contributed by atoms with Crippen LogP contribution in [-0.2, 0) is 28.8 Å². The van der Waals surface area contributed by atoms with E-state index in [2.05, 4.69) is 21.3 Å². The number of amides is 14. The van der Waals surface area contributed by atoms with Gasteiger partial charge in [-0.3, -0.25) is 48.4 Å². The molecule has 4 saturated heterocycles. The summed E-state index contributed by atoms with van der Waals surface area (Å²) in [5.74, 6) is -0.988. The van der Waals surface area contributed by atoms with Crippen LogP contribution in [0.1, 0.15) is 205 Å². The first-order chi connectivity index (χ1) is 37.0. The highest BCUT2D eigenvalue weighted by molar-refractivity contribution is 5.97. The first kappa shape index (κ1) is 63.0. The van der Waals surface area contributed by atoms with E-state index in [9.17, 15) is 47.9 Å². The Morgan fingerprint density at radius 3 is 0.776 bits per heavy atom. The van der Waals surface area contributed by atoms with Crippen molar-refractivity contribution in [3.63, 3.8) is 0 Å². The Labute approximate surface area is 452 Å². The number of hydrogen-bond donors (Lipinski definition) is 4. The zero-order valence-corrected chi connectivity index (χ0v) is 46.0. The van der Waals surface area contributed by atoms with Gasteiger partial charge < -0.3 is 31.1 Å². The van der Waals surface area contributed by atoms with E-state index in [1.807, 2.05) is 0 Å². The van der Waals surface area contributed by atoms with Gasteiger partial charge in [-0.25, -0.2) is 19.2 Å². The maximum Gasteiger partial charge on any atom is 0.324 e. The predicted molar refractivity (Wildman–Crippen MR) is 290 cm³/mol. The molecule has 0 bridgehead atoms. The molecule has 4 aliphatic heterocycles. The van der Waals surface area contributed by atoms with Gasteiger partial charge in [0.2, 0.25) is 35.4 Å². The van der Waals surface area contributed by atoms with Gasteiger partial charge in [0.1, 0.15) is 0 Å². The SMILES string of the molecule is O=C(/C=C/C(=O)N(CCCCCCNC(=O)N1CCCCCC1=O)CCCCCCNC(=O)N1CCCCCC1=O)N(CCCCCCNC(=O)N1CCCCCC1=O)CCCCCCNC(=O)N1CCCCCC1=O. The Balaban J connectivity index is 1.26. The third-order valence-corrected chi connectivity index (χ3v) is 14.8. The summed E-state index contributed by atoms with van der Waals surface area (Å²) >= 11 is 0. The molecule has 0 unspecified atom stereocenters. The summed E-state index contributed by atoms with van der Waals surface area (Å²) in [6, 6.07) is -1.33. The Morgan fingerprint density at radius 2 is 0.539 bits per heavy atom. The molecule has 0 aromatic rings. The maximum atomic E-state index is 13.9. The molecular formula is C56H94N10O10. The third kappa shape index (κ3) is 25.1. The van der Waals surface area contributed by atoms with Crippen molar-refractivity contribution in [2.75, 3.05) is 78.5 Å². The fourth-order valence-electron chi connectivity index (χ4n) is 10.1. The molecule has 14 amide bonds. The van der Waals surface area contributed by atoms with Crippen molar-refractivity contribution >= 4 is 59.6 Å². The standard InChI is InChI=1S/C56H94N10O10/c67-47(61(39-21-5-1-17-35-57-53(73)63-43-25-9-13-29-49(63)69)40-22-6-2-18-36-58-54(74)64-44-26-10-14-30-50(64)70)33-34-48(68)62(41-23-7-3-19-37-59-55(75)65-45-27-11-15-31-51(65)71)42-24-8-4-20-38-60-56(76)66-46-28-12-16-32-52(66)72/h33-34H,1-32,35-46H2,(H,57,73)(H,58,74)(H,59,75)(H,60,76)/b34-33+. The Morgan fingerprint density at radius 1 is 0.316 bits per heavy atom. The zero-order valence-electron chi connectivity index (χ0n) is 46.0. The van der Waals surface area contributed by atoms with Crippen LogP contribution in [0.2, 0.25) is 0 Å². The summed E-state index contributed by atoms with van der Waals surface area (Å²) in [5.41, 5.74) is 0. The highest BCUT2D eigenvalue weighted by Crippen LogP contribution is 2.16. The number of carbonyl (C=O) groups excluding carboxylic acids is 10. The lowest BCUT2D eigenvalue weighted by molar-refractivity contribution is -0.128. The summed E-state index contributed by atoms with van der Waals surface area (Å²) in [6.45, 7) is 5.64. The predicted octanol–water partition coefficient (Wildman–Crippen LogP) is 7.89. The second kappa shape index (κ2) is 38.1. The molecule has 76 heavy (non-hydrogen) atoms. The average molecular weight is 1070 g/mol. The van der Waals surface area contributed by atoms with Gasteiger partial charge >= 0.3 is 24.1 Å². The molecule has 20 nitrogen and oxygen atoms in total. The smallest absolute Gasteiger partial charge is 0.324 e. The van der Waals surface area contributed by atoms with Crippen molar-refractivity contribution in [3.05, 3.63) is 12.2 Å². The number of carbonyl (C=O) groups is 10. The van der Waals surface area contributed by atoms with Crippen molar-refractivity contribution in [2.24, 2.45) is 0 Å². The number of urea groups is 4. The maximum absolute atomic E-state index is 13.9. The summed E-state index contributed by atoms with van der Waals surface area (Å²) in [5, 5.41) is 11.6. The van der Waals surface area contributed by atoms with E-state index >= 15 is 0 Å². The molecule has 4 aliphatic rings. The molecule has 0 aromatic heterocycles. The van der Waals surface area contributed by atoms with Crippen molar-refractivity contribution in [3.8, 4) is 0 Å². The lowest BCUT2D eigenvalue weighted by Gasteiger charge is -2.23. The van der Waals surface area contributed by atoms with Crippen LogP contribution in [0.25, 0.3) is 0 Å². The Hall–Kier alpha value is -5.56. The van der Waals surface area contributed by atoms with Gasteiger partial charge in [0.05, 0.1) is 0 Å². The van der Waals surface area contributed by atoms with Crippen LogP contribution >= 0.6 is 0 Å². The van der Waals surface area contributed by atoms with Crippen LogP contribution in [0.4, 0.5) is 19.2 Å². The van der Waals surface area contributed by atoms with Gasteiger partial charge in [0, 0.05) is 116 Å². The number of imide groups is 4. The van der Waals surface area contributed by atoms with Crippen molar-refractivity contribution in [2.45, 2.75) is 205 Å². The Bertz CT molecular complexity index is 1640. The van der Waals surface area contributed by atoms with Gasteiger partial charge in [-0.2, -0.15) is 0 Å². The molecule has 0 spiro atoms. The average Bonchev–Trinajstić information content (AvgIpc) is 3.96. The molecule has 0 aliphatic carbocycles. The van der Waals surface area contributed by atoms with Gasteiger partial charge in [-0.05, 0) is 103 Å². The fraction of sp³-hybridized carbons (Fsp3) is 0.786. The molecule has 4 rings (SSSR count). The third-order valence-electron chi connectivity index (χ3n) is 14.8. The molecule has 4 N–H and O–H groups in total. The molecule has 0 aromatic carbocycles. The molecular weight excluding hydrogens is 973 g/mol. The Kier molecular flexibility index (Phi) is 31.5. The van der Waals surface area contributed by atoms with Crippen molar-refractivity contribution in [1.82, 2.24) is 50.7 Å². The van der Waals surface area contributed by atoms with Crippen LogP contribution in [0.5, 0.6) is 0 Å². The lowest BCUT2D eigenvalue weighted by atomic mass is 10.1. The number of nitrogens with zero attached hydrogens (tertiary/aromatic N) is 6. The van der Waals surface area contributed by atoms with E-state index in [0.29, 0.717) is 104 Å². The van der Waals surface area contributed by atoms with Crippen LogP contribution in [0.15, 0.2) is 12.2 Å². The first-order valence-electron chi connectivity index (χ1n) is 29.5. The molecule has 0 saturated carbocycles. The molecule has 428 valence electrons. The minimum absolute atomic E-state index is 0.124. The lowest BCUT2D eigenvalue weighted by Crippen LogP contribution is -2.43. The van der Waals surface area contributed by atoms with Crippen molar-refractivity contribution < 1.29 is 47.9 Å². The number of nitrogens with one attached hydrogen (secondary N) is 4. The normalized spacial score (nSPS) is 16.9. The molecule has 4 fully saturated rings. The van der Waals surface area contributed by atoms with E-state index in [-0.39, 0.29) is 59.6 Å². The highest BCUT2D eigenvalue weighted by Gasteiger charge is 2.26. The van der Waals surface area contributed by atoms with E-state index in [1.54, 1.807) is 9.80 Å². The second-order valence-corrected chi connectivity index (χ2v) is 21.0. The van der Waals surface area contributed by atoms with Gasteiger partial charge in [0.15, 0.2) is 0 Å². The summed E-state index contributed by atoms with van der Waals surface area (Å²) in [6.07, 6.45) is 27.2. The van der Waals surface area contributed by atoms with Gasteiger partial charge in [0.25, 0.3) is 0 Å². The number of rotatable bonds is 30. The molecule has 4 heterocycles. The largest absolute Gasteiger partial charge is 0.339 e. The van der Waals surface area contributed by atoms with E-state index in [4.69, 9.17) is 0 Å². The quantitative estimate of drug-likeness (QED) is 0.0401. The zero-order chi connectivity index (χ0) is 54.6.